The molecule has 49 heavy (non-hydrogen) atoms. The zero-order chi connectivity index (χ0) is 34.1. The predicted molar refractivity (Wildman–Crippen MR) is 197 cm³/mol. The van der Waals surface area contributed by atoms with Gasteiger partial charge in [-0.15, -0.1) is 0 Å². The van der Waals surface area contributed by atoms with Gasteiger partial charge < -0.3 is 30.2 Å². The lowest BCUT2D eigenvalue weighted by atomic mass is 9.82. The Morgan fingerprint density at radius 2 is 0.612 bits per heavy atom. The highest BCUT2D eigenvalue weighted by Gasteiger charge is 2.37. The van der Waals surface area contributed by atoms with Crippen LogP contribution < -0.4 is 9.80 Å². The minimum atomic E-state index is -0.309. The maximum absolute atomic E-state index is 9.68. The number of rotatable bonds is 10. The summed E-state index contributed by atoms with van der Waals surface area (Å²) in [5.74, 6) is 0. The molecule has 0 aromatic heterocycles. The SMILES string of the molecule is CC1(C)c2cc(N(c3ccc(CO)cc3)c3ccc(CO)cc3)ccc2-c2ccc(N(c3ccc(CO)cc3)c3ccc(CO)cc3)cc21. The minimum Gasteiger partial charge on any atom is -0.392 e. The van der Waals surface area contributed by atoms with E-state index in [0.29, 0.717) is 0 Å². The van der Waals surface area contributed by atoms with Gasteiger partial charge in [-0.3, -0.25) is 0 Å². The summed E-state index contributed by atoms with van der Waals surface area (Å²) < 4.78 is 0. The number of anilines is 6. The summed E-state index contributed by atoms with van der Waals surface area (Å²) in [6, 6.07) is 45.1. The Morgan fingerprint density at radius 1 is 0.367 bits per heavy atom. The van der Waals surface area contributed by atoms with Gasteiger partial charge in [0.15, 0.2) is 0 Å². The maximum atomic E-state index is 9.68. The van der Waals surface area contributed by atoms with Gasteiger partial charge in [-0.2, -0.15) is 0 Å². The molecule has 1 aliphatic rings. The third-order valence-electron chi connectivity index (χ3n) is 9.67. The average Bonchev–Trinajstić information content (AvgIpc) is 3.38. The van der Waals surface area contributed by atoms with Crippen LogP contribution in [0.3, 0.4) is 0 Å². The summed E-state index contributed by atoms with van der Waals surface area (Å²) in [5.41, 5.74) is 13.9. The Bertz CT molecular complexity index is 1830. The van der Waals surface area contributed by atoms with Crippen LogP contribution in [0.25, 0.3) is 11.1 Å². The second kappa shape index (κ2) is 13.3. The zero-order valence-electron chi connectivity index (χ0n) is 27.7. The van der Waals surface area contributed by atoms with Crippen molar-refractivity contribution in [1.29, 1.82) is 0 Å². The van der Waals surface area contributed by atoms with E-state index in [1.807, 2.05) is 97.1 Å². The van der Waals surface area contributed by atoms with E-state index in [-0.39, 0.29) is 31.8 Å². The lowest BCUT2D eigenvalue weighted by molar-refractivity contribution is 0.281. The summed E-state index contributed by atoms with van der Waals surface area (Å²) in [6.07, 6.45) is 0. The molecule has 0 heterocycles. The molecule has 0 amide bonds. The summed E-state index contributed by atoms with van der Waals surface area (Å²) >= 11 is 0. The molecule has 0 saturated heterocycles. The molecule has 6 nitrogen and oxygen atoms in total. The molecule has 246 valence electrons. The monoisotopic (exact) mass is 648 g/mol. The van der Waals surface area contributed by atoms with Crippen LogP contribution in [0.1, 0.15) is 47.2 Å². The highest BCUT2D eigenvalue weighted by Crippen LogP contribution is 2.52. The van der Waals surface area contributed by atoms with Crippen molar-refractivity contribution in [1.82, 2.24) is 0 Å². The average molecular weight is 649 g/mol. The fraction of sp³-hybridized carbons (Fsp3) is 0.163. The third-order valence-corrected chi connectivity index (χ3v) is 9.67. The van der Waals surface area contributed by atoms with Gasteiger partial charge in [0.05, 0.1) is 26.4 Å². The van der Waals surface area contributed by atoms with E-state index in [0.717, 1.165) is 56.4 Å². The molecule has 0 unspecified atom stereocenters. The van der Waals surface area contributed by atoms with Crippen molar-refractivity contribution in [3.63, 3.8) is 0 Å². The van der Waals surface area contributed by atoms with Gasteiger partial charge in [0.1, 0.15) is 0 Å². The Morgan fingerprint density at radius 3 is 0.857 bits per heavy atom. The first-order valence-electron chi connectivity index (χ1n) is 16.5. The predicted octanol–water partition coefficient (Wildman–Crippen LogP) is 8.90. The molecule has 7 rings (SSSR count). The third kappa shape index (κ3) is 6.01. The van der Waals surface area contributed by atoms with Crippen molar-refractivity contribution in [2.45, 2.75) is 45.7 Å². The minimum absolute atomic E-state index is 0.0157. The molecule has 0 radical (unpaired) electrons. The number of aliphatic hydroxyl groups excluding tert-OH is 4. The van der Waals surface area contributed by atoms with Gasteiger partial charge in [-0.1, -0.05) is 74.5 Å². The van der Waals surface area contributed by atoms with Gasteiger partial charge >= 0.3 is 0 Å². The van der Waals surface area contributed by atoms with E-state index in [2.05, 4.69) is 60.0 Å². The van der Waals surface area contributed by atoms with Gasteiger partial charge in [0, 0.05) is 39.5 Å². The van der Waals surface area contributed by atoms with Gasteiger partial charge in [-0.25, -0.2) is 0 Å². The Labute approximate surface area is 287 Å². The van der Waals surface area contributed by atoms with E-state index in [1.54, 1.807) is 0 Å². The van der Waals surface area contributed by atoms with E-state index in [9.17, 15) is 20.4 Å². The molecule has 1 aliphatic carbocycles. The highest BCUT2D eigenvalue weighted by atomic mass is 16.3. The molecule has 0 saturated carbocycles. The van der Waals surface area contributed by atoms with Crippen LogP contribution in [-0.2, 0) is 31.8 Å². The van der Waals surface area contributed by atoms with E-state index in [1.165, 1.54) is 22.3 Å². The van der Waals surface area contributed by atoms with Gasteiger partial charge in [0.25, 0.3) is 0 Å². The fourth-order valence-corrected chi connectivity index (χ4v) is 6.89. The van der Waals surface area contributed by atoms with Gasteiger partial charge in [0.2, 0.25) is 0 Å². The second-order valence-electron chi connectivity index (χ2n) is 13.1. The van der Waals surface area contributed by atoms with E-state index < -0.39 is 0 Å². The second-order valence-corrected chi connectivity index (χ2v) is 13.1. The number of nitrogens with zero attached hydrogens (tertiary/aromatic N) is 2. The van der Waals surface area contributed by atoms with Crippen LogP contribution in [0.15, 0.2) is 133 Å². The lowest BCUT2D eigenvalue weighted by Crippen LogP contribution is -2.17. The Hall–Kier alpha value is -5.24. The smallest absolute Gasteiger partial charge is 0.0681 e. The first-order chi connectivity index (χ1) is 23.8. The summed E-state index contributed by atoms with van der Waals surface area (Å²) in [6.45, 7) is 4.49. The van der Waals surface area contributed by atoms with Crippen LogP contribution >= 0.6 is 0 Å². The standard InChI is InChI=1S/C43H40N2O4/c1-43(2)41-23-37(44(33-11-3-29(25-46)4-12-33)34-13-5-30(26-47)6-14-34)19-21-39(41)40-22-20-38(24-42(40)43)45(35-15-7-31(27-48)8-16-35)36-17-9-32(28-49)10-18-36/h3-24,46-49H,25-28H2,1-2H3. The molecule has 0 atom stereocenters. The summed E-state index contributed by atoms with van der Waals surface area (Å²) in [4.78, 5) is 4.42. The van der Waals surface area contributed by atoms with E-state index in [4.69, 9.17) is 0 Å². The van der Waals surface area contributed by atoms with Crippen molar-refractivity contribution >= 4 is 34.1 Å². The van der Waals surface area contributed by atoms with Gasteiger partial charge in [-0.05, 0) is 117 Å². The Kier molecular flexibility index (Phi) is 8.80. The first-order valence-corrected chi connectivity index (χ1v) is 16.5. The number of fused-ring (bicyclic) bond motifs is 3. The van der Waals surface area contributed by atoms with E-state index >= 15 is 0 Å². The molecular formula is C43H40N2O4. The molecule has 0 spiro atoms. The van der Waals surface area contributed by atoms with Crippen LogP contribution in [0.2, 0.25) is 0 Å². The first kappa shape index (κ1) is 32.3. The number of hydrogen-bond acceptors (Lipinski definition) is 6. The van der Waals surface area contributed by atoms with Crippen LogP contribution in [0.5, 0.6) is 0 Å². The van der Waals surface area contributed by atoms with Crippen molar-refractivity contribution in [3.8, 4) is 11.1 Å². The number of benzene rings is 6. The highest BCUT2D eigenvalue weighted by molar-refractivity contribution is 5.88. The largest absolute Gasteiger partial charge is 0.392 e. The molecule has 0 bridgehead atoms. The summed E-state index contributed by atoms with van der Waals surface area (Å²) in [7, 11) is 0. The topological polar surface area (TPSA) is 87.4 Å². The molecule has 4 N–H and O–H groups in total. The fourth-order valence-electron chi connectivity index (χ4n) is 6.89. The molecule has 6 heteroatoms. The molecule has 6 aromatic carbocycles. The van der Waals surface area contributed by atoms with Crippen LogP contribution in [0.4, 0.5) is 34.1 Å². The quantitative estimate of drug-likeness (QED) is 0.119. The van der Waals surface area contributed by atoms with Crippen LogP contribution in [0, 0.1) is 0 Å². The van der Waals surface area contributed by atoms with Crippen molar-refractivity contribution < 1.29 is 20.4 Å². The van der Waals surface area contributed by atoms with Crippen molar-refractivity contribution in [2.75, 3.05) is 9.80 Å². The molecular weight excluding hydrogens is 608 g/mol. The maximum Gasteiger partial charge on any atom is 0.0681 e. The van der Waals surface area contributed by atoms with Crippen molar-refractivity contribution in [3.05, 3.63) is 167 Å². The summed E-state index contributed by atoms with van der Waals surface area (Å²) in [5, 5.41) is 38.7. The molecule has 6 aromatic rings. The molecule has 0 fully saturated rings. The number of aliphatic hydroxyl groups is 4. The zero-order valence-corrected chi connectivity index (χ0v) is 27.7. The molecule has 0 aliphatic heterocycles. The van der Waals surface area contributed by atoms with Crippen LogP contribution in [-0.4, -0.2) is 20.4 Å². The normalized spacial score (nSPS) is 12.8. The lowest BCUT2D eigenvalue weighted by Gasteiger charge is -2.29. The van der Waals surface area contributed by atoms with Crippen molar-refractivity contribution in [2.24, 2.45) is 0 Å². The Balaban J connectivity index is 1.31. The number of hydrogen-bond donors (Lipinski definition) is 4.